The second kappa shape index (κ2) is 8.51. The summed E-state index contributed by atoms with van der Waals surface area (Å²) in [6, 6.07) is 7.66. The Morgan fingerprint density at radius 3 is 2.87 bits per heavy atom. The zero-order chi connectivity index (χ0) is 22.2. The van der Waals surface area contributed by atoms with Gasteiger partial charge >= 0.3 is 0 Å². The van der Waals surface area contributed by atoms with Crippen molar-refractivity contribution in [3.63, 3.8) is 0 Å². The number of pyridine rings is 1. The third-order valence-corrected chi connectivity index (χ3v) is 5.96. The molecule has 1 aliphatic rings. The average Bonchev–Trinajstić information content (AvgIpc) is 3.29. The lowest BCUT2D eigenvalue weighted by atomic mass is 10.0. The zero-order valence-corrected chi connectivity index (χ0v) is 18.9. The van der Waals surface area contributed by atoms with E-state index in [0.29, 0.717) is 23.4 Å². The molecule has 1 N–H and O–H groups in total. The summed E-state index contributed by atoms with van der Waals surface area (Å²) in [7, 11) is 0. The van der Waals surface area contributed by atoms with Crippen LogP contribution in [0.1, 0.15) is 53.1 Å². The first-order chi connectivity index (χ1) is 14.7. The summed E-state index contributed by atoms with van der Waals surface area (Å²) >= 11 is 3.37. The van der Waals surface area contributed by atoms with Gasteiger partial charge in [0.1, 0.15) is 17.2 Å². The number of fused-ring (bicyclic) bond motifs is 1. The number of nitrogens with zero attached hydrogens (tertiary/aromatic N) is 2. The van der Waals surface area contributed by atoms with Crippen LogP contribution in [0.3, 0.4) is 0 Å². The van der Waals surface area contributed by atoms with E-state index in [2.05, 4.69) is 26.2 Å². The van der Waals surface area contributed by atoms with Crippen molar-refractivity contribution in [3.8, 4) is 0 Å². The molecule has 2 aromatic heterocycles. The maximum Gasteiger partial charge on any atom is 0.251 e. The largest absolute Gasteiger partial charge is 0.371 e. The predicted octanol–water partition coefficient (Wildman–Crippen LogP) is 4.35. The summed E-state index contributed by atoms with van der Waals surface area (Å²) in [5.41, 5.74) is 1.28. The maximum absolute atomic E-state index is 14.4. The van der Waals surface area contributed by atoms with Crippen LogP contribution in [-0.4, -0.2) is 39.3 Å². The number of nitrogens with one attached hydrogen (secondary N) is 1. The monoisotopic (exact) mass is 487 g/mol. The minimum absolute atomic E-state index is 0.0318. The van der Waals surface area contributed by atoms with Crippen molar-refractivity contribution >= 4 is 33.3 Å². The van der Waals surface area contributed by atoms with Gasteiger partial charge in [-0.15, -0.1) is 0 Å². The highest BCUT2D eigenvalue weighted by Crippen LogP contribution is 2.28. The van der Waals surface area contributed by atoms with Crippen LogP contribution in [0.25, 0.3) is 5.65 Å². The molecule has 0 spiro atoms. The lowest BCUT2D eigenvalue weighted by Crippen LogP contribution is -2.33. The second-order valence-corrected chi connectivity index (χ2v) is 9.29. The summed E-state index contributed by atoms with van der Waals surface area (Å²) in [6.07, 6.45) is 4.82. The molecule has 4 rings (SSSR count). The molecule has 1 amide bonds. The highest BCUT2D eigenvalue weighted by atomic mass is 79.9. The van der Waals surface area contributed by atoms with E-state index in [9.17, 15) is 14.0 Å². The first-order valence-corrected chi connectivity index (χ1v) is 10.9. The number of ketones is 1. The Morgan fingerprint density at radius 1 is 1.32 bits per heavy atom. The van der Waals surface area contributed by atoms with Crippen molar-refractivity contribution in [2.45, 2.75) is 44.8 Å². The van der Waals surface area contributed by atoms with Gasteiger partial charge in [0.05, 0.1) is 17.9 Å². The van der Waals surface area contributed by atoms with Crippen LogP contribution in [0, 0.1) is 5.82 Å². The van der Waals surface area contributed by atoms with Crippen LogP contribution in [-0.2, 0) is 11.2 Å². The molecule has 0 aliphatic carbocycles. The van der Waals surface area contributed by atoms with E-state index in [-0.39, 0.29) is 35.4 Å². The Balaban J connectivity index is 1.46. The van der Waals surface area contributed by atoms with Crippen LogP contribution in [0.5, 0.6) is 0 Å². The normalized spacial score (nSPS) is 17.7. The molecule has 162 valence electrons. The van der Waals surface area contributed by atoms with Crippen molar-refractivity contribution in [1.29, 1.82) is 0 Å². The van der Waals surface area contributed by atoms with E-state index in [4.69, 9.17) is 4.74 Å². The number of amides is 1. The van der Waals surface area contributed by atoms with Crippen LogP contribution in [0.4, 0.5) is 4.39 Å². The van der Waals surface area contributed by atoms with Gasteiger partial charge in [-0.3, -0.25) is 14.0 Å². The molecule has 0 radical (unpaired) electrons. The number of hydrogen-bond acceptors (Lipinski definition) is 4. The molecule has 1 aliphatic heterocycles. The van der Waals surface area contributed by atoms with E-state index >= 15 is 0 Å². The van der Waals surface area contributed by atoms with Crippen LogP contribution in [0.2, 0.25) is 0 Å². The smallest absolute Gasteiger partial charge is 0.251 e. The molecule has 31 heavy (non-hydrogen) atoms. The molecule has 1 saturated heterocycles. The second-order valence-electron chi connectivity index (χ2n) is 8.37. The summed E-state index contributed by atoms with van der Waals surface area (Å²) in [5.74, 6) is -1.13. The molecule has 8 heteroatoms. The van der Waals surface area contributed by atoms with Gasteiger partial charge in [0, 0.05) is 29.2 Å². The molecule has 0 saturated carbocycles. The molecule has 3 aromatic rings. The number of carbonyl (C=O) groups is 2. The molecule has 1 atom stereocenters. The number of hydrogen-bond donors (Lipinski definition) is 1. The number of ether oxygens (including phenoxy) is 1. The Labute approximate surface area is 187 Å². The summed E-state index contributed by atoms with van der Waals surface area (Å²) in [6.45, 7) is 4.45. The molecule has 1 aromatic carbocycles. The summed E-state index contributed by atoms with van der Waals surface area (Å²) in [4.78, 5) is 29.6. The quantitative estimate of drug-likeness (QED) is 0.524. The van der Waals surface area contributed by atoms with Gasteiger partial charge in [-0.25, -0.2) is 9.37 Å². The predicted molar refractivity (Wildman–Crippen MR) is 118 cm³/mol. The third kappa shape index (κ3) is 4.85. The molecule has 6 nitrogen and oxygen atoms in total. The third-order valence-electron chi connectivity index (χ3n) is 5.46. The first kappa shape index (κ1) is 21.6. The van der Waals surface area contributed by atoms with Gasteiger partial charge in [0.25, 0.3) is 5.91 Å². The number of aromatic nitrogens is 2. The van der Waals surface area contributed by atoms with Gasteiger partial charge in [-0.05, 0) is 62.6 Å². The minimum atomic E-state index is -0.526. The van der Waals surface area contributed by atoms with Gasteiger partial charge in [-0.1, -0.05) is 15.9 Å². The number of imidazole rings is 1. The Bertz CT molecular complexity index is 1160. The Hall–Kier alpha value is -2.58. The standard InChI is InChI=1S/C23H23BrFN3O3/c1-23(2)7-5-17(31-23)12-27-22(30)14-3-4-18(25)15(9-14)10-20(29)19-13-26-21-11-16(24)6-8-28(19)21/h3-4,6,8-9,11,13,17H,5,7,10,12H2,1-2H3,(H,27,30). The molecular formula is C23H23BrFN3O3. The maximum atomic E-state index is 14.4. The van der Waals surface area contributed by atoms with E-state index in [1.54, 1.807) is 22.7 Å². The van der Waals surface area contributed by atoms with Gasteiger partial charge < -0.3 is 10.1 Å². The Morgan fingerprint density at radius 2 is 2.13 bits per heavy atom. The fraction of sp³-hybridized carbons (Fsp3) is 0.348. The molecule has 3 heterocycles. The van der Waals surface area contributed by atoms with E-state index < -0.39 is 5.82 Å². The molecular weight excluding hydrogens is 465 g/mol. The van der Waals surface area contributed by atoms with Crippen LogP contribution >= 0.6 is 15.9 Å². The summed E-state index contributed by atoms with van der Waals surface area (Å²) in [5, 5.41) is 2.85. The van der Waals surface area contributed by atoms with Gasteiger partial charge in [0.15, 0.2) is 5.78 Å². The fourth-order valence-corrected chi connectivity index (χ4v) is 4.13. The lowest BCUT2D eigenvalue weighted by molar-refractivity contribution is -0.0138. The van der Waals surface area contributed by atoms with Crippen molar-refractivity contribution in [1.82, 2.24) is 14.7 Å². The summed E-state index contributed by atoms with van der Waals surface area (Å²) < 4.78 is 22.8. The highest BCUT2D eigenvalue weighted by molar-refractivity contribution is 9.10. The zero-order valence-electron chi connectivity index (χ0n) is 17.3. The van der Waals surface area contributed by atoms with Crippen molar-refractivity contribution < 1.29 is 18.7 Å². The average molecular weight is 488 g/mol. The first-order valence-electron chi connectivity index (χ1n) is 10.1. The van der Waals surface area contributed by atoms with Crippen molar-refractivity contribution in [2.24, 2.45) is 0 Å². The number of carbonyl (C=O) groups excluding carboxylic acids is 2. The van der Waals surface area contributed by atoms with Crippen LogP contribution < -0.4 is 5.32 Å². The number of rotatable bonds is 6. The van der Waals surface area contributed by atoms with Gasteiger partial charge in [-0.2, -0.15) is 0 Å². The van der Waals surface area contributed by atoms with Crippen LogP contribution in [0.15, 0.2) is 47.2 Å². The fourth-order valence-electron chi connectivity index (χ4n) is 3.81. The topological polar surface area (TPSA) is 72.7 Å². The molecule has 1 unspecified atom stereocenters. The number of Topliss-reactive ketones (excluding diaryl/α,β-unsaturated/α-hetero) is 1. The number of halogens is 2. The lowest BCUT2D eigenvalue weighted by Gasteiger charge is -2.19. The van der Waals surface area contributed by atoms with Gasteiger partial charge in [0.2, 0.25) is 0 Å². The van der Waals surface area contributed by atoms with Crippen molar-refractivity contribution in [3.05, 3.63) is 69.8 Å². The SMILES string of the molecule is CC1(C)CCC(CNC(=O)c2ccc(F)c(CC(=O)c3cnc4cc(Br)ccn34)c2)O1. The molecule has 0 bridgehead atoms. The molecule has 1 fully saturated rings. The van der Waals surface area contributed by atoms with E-state index in [1.807, 2.05) is 13.8 Å². The minimum Gasteiger partial charge on any atom is -0.371 e. The van der Waals surface area contributed by atoms with Crippen molar-refractivity contribution in [2.75, 3.05) is 6.54 Å². The number of benzene rings is 1. The highest BCUT2D eigenvalue weighted by Gasteiger charge is 2.31. The van der Waals surface area contributed by atoms with E-state index in [1.165, 1.54) is 24.4 Å². The van der Waals surface area contributed by atoms with E-state index in [0.717, 1.165) is 17.3 Å². The Kier molecular flexibility index (Phi) is 5.94.